The van der Waals surface area contributed by atoms with Crippen LogP contribution in [0.4, 0.5) is 8.78 Å². The first-order valence-electron chi connectivity index (χ1n) is 3.06. The van der Waals surface area contributed by atoms with Gasteiger partial charge < -0.3 is 19.8 Å². The number of aliphatic carboxylic acids is 2. The van der Waals surface area contributed by atoms with Crippen LogP contribution in [0.5, 0.6) is 0 Å². The summed E-state index contributed by atoms with van der Waals surface area (Å²) in [5.74, 6) is -2.67. The largest absolute Gasteiger partial charge is 2.00 e. The zero-order valence-corrected chi connectivity index (χ0v) is 12.4. The van der Waals surface area contributed by atoms with Crippen molar-refractivity contribution in [1.29, 1.82) is 0 Å². The van der Waals surface area contributed by atoms with Gasteiger partial charge in [0.05, 0.1) is 13.3 Å². The van der Waals surface area contributed by atoms with Crippen molar-refractivity contribution in [2.75, 3.05) is 13.3 Å². The molecule has 13 heavy (non-hydrogen) atoms. The fourth-order valence-electron chi connectivity index (χ4n) is 0.154. The Morgan fingerprint density at radius 1 is 0.923 bits per heavy atom. The van der Waals surface area contributed by atoms with Crippen molar-refractivity contribution in [2.45, 2.75) is 12.8 Å². The molecule has 0 N–H and O–H groups in total. The smallest absolute Gasteiger partial charge is 0.550 e. The van der Waals surface area contributed by atoms with E-state index in [0.717, 1.165) is 0 Å². The Balaban J connectivity index is -0.000000143. The minimum absolute atomic E-state index is 0. The molecule has 0 atom stereocenters. The molecule has 0 aromatic rings. The van der Waals surface area contributed by atoms with Gasteiger partial charge in [0.15, 0.2) is 0 Å². The maximum atomic E-state index is 10.8. The molecule has 0 aliphatic rings. The van der Waals surface area contributed by atoms with Crippen LogP contribution in [0.15, 0.2) is 0 Å². The van der Waals surface area contributed by atoms with Crippen molar-refractivity contribution < 1.29 is 56.3 Å². The third-order valence-electron chi connectivity index (χ3n) is 0.597. The van der Waals surface area contributed by atoms with Gasteiger partial charge in [-0.15, -0.1) is 0 Å². The number of carbonyl (C=O) groups excluding carboxylic acids is 2. The number of hydrogen-bond acceptors (Lipinski definition) is 4. The van der Waals surface area contributed by atoms with Gasteiger partial charge in [-0.25, -0.2) is 0 Å². The van der Waals surface area contributed by atoms with E-state index >= 15 is 0 Å². The molecule has 0 aliphatic carbocycles. The minimum Gasteiger partial charge on any atom is -0.550 e. The fraction of sp³-hybridized carbons (Fsp3) is 0.667. The molecule has 0 amide bonds. The standard InChI is InChI=1S/2C3H5FO2.Hg/c2*4-2-1-3(5)6;/h2*1-2H2,(H,5,6);/q;;+2/p-2. The minimum atomic E-state index is -1.34. The predicted molar refractivity (Wildman–Crippen MR) is 31.2 cm³/mol. The van der Waals surface area contributed by atoms with Gasteiger partial charge in [0.25, 0.3) is 0 Å². The molecule has 0 aliphatic heterocycles. The maximum absolute atomic E-state index is 10.8. The van der Waals surface area contributed by atoms with Crippen LogP contribution in [-0.2, 0) is 37.3 Å². The normalized spacial score (nSPS) is 7.54. The van der Waals surface area contributed by atoms with Crippen LogP contribution in [0, 0.1) is 0 Å². The van der Waals surface area contributed by atoms with Gasteiger partial charge in [-0.1, -0.05) is 0 Å². The van der Waals surface area contributed by atoms with Crippen LogP contribution in [-0.4, -0.2) is 25.3 Å². The van der Waals surface area contributed by atoms with Crippen molar-refractivity contribution in [1.82, 2.24) is 0 Å². The zero-order valence-electron chi connectivity index (χ0n) is 6.92. The number of halogens is 2. The van der Waals surface area contributed by atoms with Crippen LogP contribution < -0.4 is 10.2 Å². The Bertz CT molecular complexity index is 127. The van der Waals surface area contributed by atoms with Gasteiger partial charge in [-0.05, 0) is 0 Å². The van der Waals surface area contributed by atoms with Crippen molar-refractivity contribution in [3.05, 3.63) is 0 Å². The SMILES string of the molecule is O=C([O-])CCF.O=C([O-])CCF.[Hg+2]. The van der Waals surface area contributed by atoms with Crippen LogP contribution in [0.1, 0.15) is 12.8 Å². The quantitative estimate of drug-likeness (QED) is 0.537. The van der Waals surface area contributed by atoms with Crippen molar-refractivity contribution in [3.63, 3.8) is 0 Å². The summed E-state index contributed by atoms with van der Waals surface area (Å²) in [6, 6.07) is 0. The molecule has 0 bridgehead atoms. The molecule has 0 rings (SSSR count). The van der Waals surface area contributed by atoms with E-state index in [1.54, 1.807) is 0 Å². The third kappa shape index (κ3) is 33.8. The van der Waals surface area contributed by atoms with E-state index in [4.69, 9.17) is 0 Å². The van der Waals surface area contributed by atoms with Gasteiger partial charge in [0.1, 0.15) is 0 Å². The van der Waals surface area contributed by atoms with Crippen LogP contribution in [0.3, 0.4) is 0 Å². The Morgan fingerprint density at radius 2 is 1.15 bits per heavy atom. The third-order valence-corrected chi connectivity index (χ3v) is 0.597. The van der Waals surface area contributed by atoms with E-state index in [2.05, 4.69) is 0 Å². The van der Waals surface area contributed by atoms with Gasteiger partial charge in [0.2, 0.25) is 0 Å². The average molecular weight is 383 g/mol. The summed E-state index contributed by atoms with van der Waals surface area (Å²) in [4.78, 5) is 18.5. The molecule has 4 nitrogen and oxygen atoms in total. The van der Waals surface area contributed by atoms with Crippen molar-refractivity contribution >= 4 is 11.9 Å². The second-order valence-corrected chi connectivity index (χ2v) is 1.62. The Morgan fingerprint density at radius 3 is 1.15 bits per heavy atom. The van der Waals surface area contributed by atoms with E-state index in [9.17, 15) is 28.6 Å². The van der Waals surface area contributed by atoms with Crippen LogP contribution >= 0.6 is 0 Å². The van der Waals surface area contributed by atoms with E-state index < -0.39 is 38.1 Å². The van der Waals surface area contributed by atoms with Crippen LogP contribution in [0.2, 0.25) is 0 Å². The molecular weight excluding hydrogens is 375 g/mol. The van der Waals surface area contributed by atoms with Gasteiger partial charge in [-0.3, -0.25) is 8.78 Å². The Labute approximate surface area is 94.4 Å². The first-order valence-corrected chi connectivity index (χ1v) is 3.06. The summed E-state index contributed by atoms with van der Waals surface area (Å²) >= 11 is 0. The summed E-state index contributed by atoms with van der Waals surface area (Å²) in [6.45, 7) is -1.66. The van der Waals surface area contributed by atoms with E-state index in [1.807, 2.05) is 0 Å². The van der Waals surface area contributed by atoms with E-state index in [0.29, 0.717) is 0 Å². The topological polar surface area (TPSA) is 80.3 Å². The molecule has 0 unspecified atom stereocenters. The molecule has 0 aromatic carbocycles. The molecular formula is C6H8F2HgO4. The van der Waals surface area contributed by atoms with Gasteiger partial charge in [-0.2, -0.15) is 0 Å². The second-order valence-electron chi connectivity index (χ2n) is 1.62. The number of carbonyl (C=O) groups is 2. The summed E-state index contributed by atoms with van der Waals surface area (Å²) in [7, 11) is 0. The molecule has 0 radical (unpaired) electrons. The molecule has 7 heteroatoms. The van der Waals surface area contributed by atoms with Gasteiger partial charge >= 0.3 is 27.7 Å². The monoisotopic (exact) mass is 384 g/mol. The van der Waals surface area contributed by atoms with Crippen molar-refractivity contribution in [3.8, 4) is 0 Å². The summed E-state index contributed by atoms with van der Waals surface area (Å²) in [6.07, 6.45) is -0.972. The first-order chi connectivity index (χ1) is 5.54. The molecule has 72 valence electrons. The molecule has 0 spiro atoms. The maximum Gasteiger partial charge on any atom is 2.00 e. The number of carboxylic acids is 2. The number of rotatable bonds is 4. The molecule has 0 heterocycles. The molecule has 0 aromatic heterocycles. The fourth-order valence-corrected chi connectivity index (χ4v) is 0.154. The molecule has 0 fully saturated rings. The summed E-state index contributed by atoms with van der Waals surface area (Å²) in [5, 5.41) is 18.5. The van der Waals surface area contributed by atoms with Gasteiger partial charge in [0, 0.05) is 24.8 Å². The van der Waals surface area contributed by atoms with E-state index in [1.165, 1.54) is 0 Å². The molecule has 0 saturated carbocycles. The van der Waals surface area contributed by atoms with Crippen LogP contribution in [0.25, 0.3) is 0 Å². The summed E-state index contributed by atoms with van der Waals surface area (Å²) < 4.78 is 21.6. The Kier molecular flexibility index (Phi) is 20.3. The van der Waals surface area contributed by atoms with E-state index in [-0.39, 0.29) is 27.7 Å². The molecule has 0 saturated heterocycles. The second kappa shape index (κ2) is 14.3. The summed E-state index contributed by atoms with van der Waals surface area (Å²) in [5.41, 5.74) is 0. The number of carboxylic acid groups (broad SMARTS) is 2. The number of alkyl halides is 2. The first kappa shape index (κ1) is 18.5. The zero-order chi connectivity index (χ0) is 9.98. The van der Waals surface area contributed by atoms with Crippen molar-refractivity contribution in [2.24, 2.45) is 0 Å². The Hall–Kier alpha value is -0.265. The number of hydrogen-bond donors (Lipinski definition) is 0. The predicted octanol–water partition coefficient (Wildman–Crippen LogP) is -1.81. The average Bonchev–Trinajstić information content (AvgIpc) is 1.87.